The highest BCUT2D eigenvalue weighted by Gasteiger charge is 2.36. The van der Waals surface area contributed by atoms with Crippen LogP contribution < -0.4 is 16.6 Å². The summed E-state index contributed by atoms with van der Waals surface area (Å²) in [5.74, 6) is -0.624. The van der Waals surface area contributed by atoms with Crippen LogP contribution in [0.4, 0.5) is 11.4 Å². The van der Waals surface area contributed by atoms with Gasteiger partial charge in [0.05, 0.1) is 28.4 Å². The SMILES string of the molecule is O=c1oc2ccccc2c2c1C(c1ccc(Br)cc1)c1c(c3ccccc3oc1=O)N2. The standard InChI is InChI=1S/C25H14BrNO4/c26-14-11-9-13(10-12-14)19-20-22(15-5-1-3-7-17(15)30-24(20)28)27-23-16-6-2-4-8-18(16)31-25(29)21(19)23/h1-12,19,27H. The van der Waals surface area contributed by atoms with Crippen LogP contribution in [-0.2, 0) is 0 Å². The van der Waals surface area contributed by atoms with E-state index in [0.717, 1.165) is 20.8 Å². The maximum atomic E-state index is 13.2. The fraction of sp³-hybridized carbons (Fsp3) is 0.0400. The number of fused-ring (bicyclic) bond motifs is 6. The Morgan fingerprint density at radius 1 is 0.677 bits per heavy atom. The quantitative estimate of drug-likeness (QED) is 0.302. The van der Waals surface area contributed by atoms with Crippen LogP contribution in [0.15, 0.2) is 95.7 Å². The lowest BCUT2D eigenvalue weighted by Gasteiger charge is -2.29. The second-order valence-corrected chi connectivity index (χ2v) is 8.37. The Morgan fingerprint density at radius 2 is 1.16 bits per heavy atom. The lowest BCUT2D eigenvalue weighted by molar-refractivity contribution is 0.535. The van der Waals surface area contributed by atoms with E-state index in [1.54, 1.807) is 12.1 Å². The molecule has 3 aromatic carbocycles. The normalized spacial score (nSPS) is 13.1. The lowest BCUT2D eigenvalue weighted by atomic mass is 9.81. The van der Waals surface area contributed by atoms with Gasteiger partial charge >= 0.3 is 11.3 Å². The van der Waals surface area contributed by atoms with Crippen molar-refractivity contribution in [3.8, 4) is 0 Å². The number of para-hydroxylation sites is 2. The van der Waals surface area contributed by atoms with Crippen molar-refractivity contribution in [1.29, 1.82) is 0 Å². The molecule has 1 aliphatic heterocycles. The number of hydrogen-bond donors (Lipinski definition) is 1. The molecule has 0 aliphatic carbocycles. The average Bonchev–Trinajstić information content (AvgIpc) is 2.79. The van der Waals surface area contributed by atoms with E-state index >= 15 is 0 Å². The van der Waals surface area contributed by atoms with Crippen molar-refractivity contribution in [3.05, 3.63) is 115 Å². The minimum Gasteiger partial charge on any atom is -0.422 e. The van der Waals surface area contributed by atoms with Crippen molar-refractivity contribution in [2.24, 2.45) is 0 Å². The monoisotopic (exact) mass is 471 g/mol. The van der Waals surface area contributed by atoms with Gasteiger partial charge in [-0.15, -0.1) is 0 Å². The molecule has 0 fully saturated rings. The van der Waals surface area contributed by atoms with Gasteiger partial charge in [-0.2, -0.15) is 0 Å². The summed E-state index contributed by atoms with van der Waals surface area (Å²) >= 11 is 3.45. The van der Waals surface area contributed by atoms with Crippen LogP contribution in [0.25, 0.3) is 21.9 Å². The Hall–Kier alpha value is -3.64. The first-order valence-corrected chi connectivity index (χ1v) is 10.5. The van der Waals surface area contributed by atoms with Gasteiger partial charge in [-0.05, 0) is 42.0 Å². The van der Waals surface area contributed by atoms with Crippen LogP contribution in [-0.4, -0.2) is 0 Å². The molecule has 150 valence electrons. The van der Waals surface area contributed by atoms with Gasteiger partial charge in [0.15, 0.2) is 0 Å². The third-order valence-electron chi connectivity index (χ3n) is 5.73. The highest BCUT2D eigenvalue weighted by molar-refractivity contribution is 9.10. The summed E-state index contributed by atoms with van der Waals surface area (Å²) in [6.45, 7) is 0. The van der Waals surface area contributed by atoms with Crippen LogP contribution >= 0.6 is 15.9 Å². The average molecular weight is 472 g/mol. The van der Waals surface area contributed by atoms with E-state index in [9.17, 15) is 9.59 Å². The number of hydrogen-bond acceptors (Lipinski definition) is 5. The molecular weight excluding hydrogens is 458 g/mol. The van der Waals surface area contributed by atoms with Gasteiger partial charge in [0.25, 0.3) is 0 Å². The molecule has 0 atom stereocenters. The second kappa shape index (κ2) is 6.68. The lowest BCUT2D eigenvalue weighted by Crippen LogP contribution is -2.27. The zero-order valence-electron chi connectivity index (χ0n) is 16.0. The molecule has 0 bridgehead atoms. The van der Waals surface area contributed by atoms with Crippen LogP contribution in [0.2, 0.25) is 0 Å². The molecule has 0 unspecified atom stereocenters. The van der Waals surface area contributed by atoms with Crippen LogP contribution in [0.3, 0.4) is 0 Å². The van der Waals surface area contributed by atoms with Crippen LogP contribution in [0, 0.1) is 0 Å². The van der Waals surface area contributed by atoms with Crippen molar-refractivity contribution in [2.45, 2.75) is 5.92 Å². The summed E-state index contributed by atoms with van der Waals surface area (Å²) in [6, 6.07) is 22.4. The molecule has 5 nitrogen and oxygen atoms in total. The Labute approximate surface area is 184 Å². The third kappa shape index (κ3) is 2.68. The van der Waals surface area contributed by atoms with E-state index in [2.05, 4.69) is 21.2 Å². The van der Waals surface area contributed by atoms with Gasteiger partial charge in [-0.3, -0.25) is 0 Å². The molecule has 0 amide bonds. The molecule has 6 heteroatoms. The van der Waals surface area contributed by atoms with Crippen molar-refractivity contribution in [1.82, 2.24) is 0 Å². The number of anilines is 2. The zero-order valence-corrected chi connectivity index (χ0v) is 17.6. The fourth-order valence-corrected chi connectivity index (χ4v) is 4.64. The summed E-state index contributed by atoms with van der Waals surface area (Å²) in [5.41, 5.74) is 2.93. The summed E-state index contributed by atoms with van der Waals surface area (Å²) in [4.78, 5) is 26.3. The van der Waals surface area contributed by atoms with Crippen LogP contribution in [0.5, 0.6) is 0 Å². The Morgan fingerprint density at radius 3 is 1.68 bits per heavy atom. The molecule has 1 N–H and O–H groups in total. The van der Waals surface area contributed by atoms with Crippen molar-refractivity contribution < 1.29 is 8.83 Å². The summed E-state index contributed by atoms with van der Waals surface area (Å²) in [6.07, 6.45) is 0. The maximum Gasteiger partial charge on any atom is 0.342 e. The van der Waals surface area contributed by atoms with E-state index < -0.39 is 17.2 Å². The predicted octanol–water partition coefficient (Wildman–Crippen LogP) is 5.90. The molecule has 3 heterocycles. The molecule has 0 saturated heterocycles. The highest BCUT2D eigenvalue weighted by Crippen LogP contribution is 2.46. The summed E-state index contributed by atoms with van der Waals surface area (Å²) in [5, 5.41) is 4.95. The van der Waals surface area contributed by atoms with E-state index in [-0.39, 0.29) is 0 Å². The van der Waals surface area contributed by atoms with Gasteiger partial charge in [0.2, 0.25) is 0 Å². The Bertz CT molecular complexity index is 1520. The molecule has 0 spiro atoms. The largest absolute Gasteiger partial charge is 0.422 e. The van der Waals surface area contributed by atoms with E-state index in [4.69, 9.17) is 8.83 Å². The molecule has 5 aromatic rings. The van der Waals surface area contributed by atoms with Gasteiger partial charge in [0.1, 0.15) is 11.2 Å². The van der Waals surface area contributed by atoms with Gasteiger partial charge < -0.3 is 14.2 Å². The van der Waals surface area contributed by atoms with Crippen LogP contribution in [0.1, 0.15) is 22.6 Å². The summed E-state index contributed by atoms with van der Waals surface area (Å²) < 4.78 is 12.2. The van der Waals surface area contributed by atoms with E-state index in [0.29, 0.717) is 33.7 Å². The van der Waals surface area contributed by atoms with Gasteiger partial charge in [-0.1, -0.05) is 52.3 Å². The van der Waals surface area contributed by atoms with E-state index in [1.807, 2.05) is 60.7 Å². The zero-order chi connectivity index (χ0) is 21.1. The van der Waals surface area contributed by atoms with E-state index in [1.165, 1.54) is 0 Å². The maximum absolute atomic E-state index is 13.2. The second-order valence-electron chi connectivity index (χ2n) is 7.46. The molecule has 6 rings (SSSR count). The first-order chi connectivity index (χ1) is 15.1. The van der Waals surface area contributed by atoms with Crippen molar-refractivity contribution >= 4 is 49.2 Å². The topological polar surface area (TPSA) is 72.5 Å². The smallest absolute Gasteiger partial charge is 0.342 e. The number of nitrogens with one attached hydrogen (secondary N) is 1. The Balaban J connectivity index is 1.79. The number of halogens is 1. The first-order valence-electron chi connectivity index (χ1n) is 9.76. The number of benzene rings is 3. The first kappa shape index (κ1) is 18.2. The Kier molecular flexibility index (Phi) is 3.91. The molecule has 31 heavy (non-hydrogen) atoms. The molecule has 0 saturated carbocycles. The fourth-order valence-electron chi connectivity index (χ4n) is 4.38. The van der Waals surface area contributed by atoms with Crippen molar-refractivity contribution in [3.63, 3.8) is 0 Å². The highest BCUT2D eigenvalue weighted by atomic mass is 79.9. The minimum atomic E-state index is -0.624. The summed E-state index contributed by atoms with van der Waals surface area (Å²) in [7, 11) is 0. The molecule has 1 aliphatic rings. The van der Waals surface area contributed by atoms with Gasteiger partial charge in [0, 0.05) is 15.2 Å². The van der Waals surface area contributed by atoms with Gasteiger partial charge in [-0.25, -0.2) is 9.59 Å². The third-order valence-corrected chi connectivity index (χ3v) is 6.26. The van der Waals surface area contributed by atoms with Crippen molar-refractivity contribution in [2.75, 3.05) is 5.32 Å². The molecule has 2 aromatic heterocycles. The molecular formula is C25H14BrNO4. The minimum absolute atomic E-state index is 0.399. The molecule has 0 radical (unpaired) electrons. The predicted molar refractivity (Wildman–Crippen MR) is 123 cm³/mol. The number of rotatable bonds is 1.